The van der Waals surface area contributed by atoms with Gasteiger partial charge in [-0.3, -0.25) is 14.7 Å². The van der Waals surface area contributed by atoms with E-state index in [1.807, 2.05) is 48.5 Å². The third kappa shape index (κ3) is 7.71. The molecule has 1 amide bonds. The van der Waals surface area contributed by atoms with E-state index in [0.29, 0.717) is 36.8 Å². The molecule has 2 aromatic heterocycles. The van der Waals surface area contributed by atoms with Crippen molar-refractivity contribution in [2.45, 2.75) is 26.1 Å². The van der Waals surface area contributed by atoms with Crippen molar-refractivity contribution in [2.24, 2.45) is 0 Å². The SMILES string of the molecule is COc1ccc(CN(CCc2ccc(OC)c(OC)c2)Cc2nc(C(=O)NCc3cccnc3)cs2)c(OC)c1. The van der Waals surface area contributed by atoms with Crippen molar-refractivity contribution in [3.8, 4) is 23.0 Å². The second-order valence-corrected chi connectivity index (χ2v) is 9.94. The number of aromatic nitrogens is 2. The maximum absolute atomic E-state index is 12.7. The van der Waals surface area contributed by atoms with Crippen LogP contribution >= 0.6 is 11.3 Å². The maximum Gasteiger partial charge on any atom is 0.271 e. The Morgan fingerprint density at radius 3 is 2.45 bits per heavy atom. The lowest BCUT2D eigenvalue weighted by Gasteiger charge is -2.23. The second kappa shape index (κ2) is 14.3. The van der Waals surface area contributed by atoms with Crippen LogP contribution in [0.15, 0.2) is 66.3 Å². The Hall–Kier alpha value is -4.15. The van der Waals surface area contributed by atoms with Crippen molar-refractivity contribution in [1.29, 1.82) is 0 Å². The van der Waals surface area contributed by atoms with E-state index in [1.165, 1.54) is 11.3 Å². The quantitative estimate of drug-likeness (QED) is 0.235. The summed E-state index contributed by atoms with van der Waals surface area (Å²) < 4.78 is 21.9. The summed E-state index contributed by atoms with van der Waals surface area (Å²) in [5, 5.41) is 5.57. The monoisotopic (exact) mass is 562 g/mol. The number of benzene rings is 2. The van der Waals surface area contributed by atoms with Gasteiger partial charge in [-0.05, 0) is 41.8 Å². The van der Waals surface area contributed by atoms with Crippen molar-refractivity contribution in [3.05, 3.63) is 93.7 Å². The highest BCUT2D eigenvalue weighted by Crippen LogP contribution is 2.29. The number of methoxy groups -OCH3 is 4. The number of nitrogens with one attached hydrogen (secondary N) is 1. The van der Waals surface area contributed by atoms with Gasteiger partial charge in [-0.25, -0.2) is 4.98 Å². The van der Waals surface area contributed by atoms with Crippen LogP contribution in [0.1, 0.15) is 32.2 Å². The molecule has 4 rings (SSSR count). The number of carbonyl (C=O) groups excluding carboxylic acids is 1. The Kier molecular flexibility index (Phi) is 10.3. The van der Waals surface area contributed by atoms with Crippen LogP contribution in [0.25, 0.3) is 0 Å². The number of nitrogens with zero attached hydrogens (tertiary/aromatic N) is 3. The van der Waals surface area contributed by atoms with Gasteiger partial charge in [0.1, 0.15) is 22.2 Å². The van der Waals surface area contributed by atoms with Gasteiger partial charge >= 0.3 is 0 Å². The number of amides is 1. The third-order valence-electron chi connectivity index (χ3n) is 6.37. The Morgan fingerprint density at radius 2 is 1.73 bits per heavy atom. The van der Waals surface area contributed by atoms with Crippen LogP contribution in [0, 0.1) is 0 Å². The van der Waals surface area contributed by atoms with Crippen LogP contribution in [0.2, 0.25) is 0 Å². The van der Waals surface area contributed by atoms with Crippen molar-refractivity contribution < 1.29 is 23.7 Å². The topological polar surface area (TPSA) is 95.0 Å². The first-order chi connectivity index (χ1) is 19.5. The average molecular weight is 563 g/mol. The first-order valence-electron chi connectivity index (χ1n) is 12.8. The maximum atomic E-state index is 12.7. The molecule has 10 heteroatoms. The lowest BCUT2D eigenvalue weighted by atomic mass is 10.1. The van der Waals surface area contributed by atoms with Crippen LogP contribution in [-0.2, 0) is 26.1 Å². The Morgan fingerprint density at radius 1 is 0.900 bits per heavy atom. The second-order valence-electron chi connectivity index (χ2n) is 9.00. The average Bonchev–Trinajstić information content (AvgIpc) is 3.47. The first kappa shape index (κ1) is 28.8. The fraction of sp³-hybridized carbons (Fsp3) is 0.300. The molecule has 4 aromatic rings. The van der Waals surface area contributed by atoms with Gasteiger partial charge < -0.3 is 24.3 Å². The molecule has 0 saturated carbocycles. The van der Waals surface area contributed by atoms with Crippen molar-refractivity contribution in [2.75, 3.05) is 35.0 Å². The van der Waals surface area contributed by atoms with Gasteiger partial charge in [-0.2, -0.15) is 0 Å². The molecule has 1 N–H and O–H groups in total. The normalized spacial score (nSPS) is 10.8. The third-order valence-corrected chi connectivity index (χ3v) is 7.21. The molecule has 2 aromatic carbocycles. The van der Waals surface area contributed by atoms with E-state index in [0.717, 1.165) is 46.2 Å². The van der Waals surface area contributed by atoms with Gasteiger partial charge in [0.15, 0.2) is 11.5 Å². The Balaban J connectivity index is 1.48. The molecular weight excluding hydrogens is 528 g/mol. The summed E-state index contributed by atoms with van der Waals surface area (Å²) in [5.74, 6) is 2.68. The van der Waals surface area contributed by atoms with Gasteiger partial charge in [0.05, 0.1) is 35.0 Å². The molecule has 0 aliphatic carbocycles. The molecular formula is C30H34N4O5S. The first-order valence-corrected chi connectivity index (χ1v) is 13.7. The summed E-state index contributed by atoms with van der Waals surface area (Å²) in [5.41, 5.74) is 3.49. The predicted octanol–water partition coefficient (Wildman–Crippen LogP) is 4.75. The summed E-state index contributed by atoms with van der Waals surface area (Å²) in [4.78, 5) is 23.7. The number of pyridine rings is 1. The van der Waals surface area contributed by atoms with E-state index in [-0.39, 0.29) is 5.91 Å². The molecule has 0 unspecified atom stereocenters. The molecule has 2 heterocycles. The van der Waals surface area contributed by atoms with E-state index < -0.39 is 0 Å². The number of ether oxygens (including phenoxy) is 4. The lowest BCUT2D eigenvalue weighted by molar-refractivity contribution is 0.0946. The van der Waals surface area contributed by atoms with Gasteiger partial charge in [0, 0.05) is 49.0 Å². The van der Waals surface area contributed by atoms with Gasteiger partial charge in [0.2, 0.25) is 0 Å². The van der Waals surface area contributed by atoms with Gasteiger partial charge in [0.25, 0.3) is 5.91 Å². The van der Waals surface area contributed by atoms with Crippen molar-refractivity contribution in [3.63, 3.8) is 0 Å². The highest BCUT2D eigenvalue weighted by atomic mass is 32.1. The lowest BCUT2D eigenvalue weighted by Crippen LogP contribution is -2.26. The van der Waals surface area contributed by atoms with E-state index in [9.17, 15) is 4.79 Å². The van der Waals surface area contributed by atoms with Crippen molar-refractivity contribution >= 4 is 17.2 Å². The molecule has 9 nitrogen and oxygen atoms in total. The Bertz CT molecular complexity index is 1400. The molecule has 0 spiro atoms. The zero-order valence-electron chi connectivity index (χ0n) is 23.2. The van der Waals surface area contributed by atoms with Crippen LogP contribution in [0.3, 0.4) is 0 Å². The number of rotatable bonds is 14. The zero-order valence-corrected chi connectivity index (χ0v) is 24.0. The minimum Gasteiger partial charge on any atom is -0.497 e. The highest BCUT2D eigenvalue weighted by Gasteiger charge is 2.17. The molecule has 0 bridgehead atoms. The summed E-state index contributed by atoms with van der Waals surface area (Å²) in [6.45, 7) is 2.34. The highest BCUT2D eigenvalue weighted by molar-refractivity contribution is 7.09. The number of hydrogen-bond donors (Lipinski definition) is 1. The predicted molar refractivity (Wildman–Crippen MR) is 154 cm³/mol. The molecule has 0 atom stereocenters. The van der Waals surface area contributed by atoms with Gasteiger partial charge in [-0.15, -0.1) is 11.3 Å². The Labute approximate surface area is 238 Å². The summed E-state index contributed by atoms with van der Waals surface area (Å²) in [6.07, 6.45) is 4.22. The smallest absolute Gasteiger partial charge is 0.271 e. The van der Waals surface area contributed by atoms with Gasteiger partial charge in [-0.1, -0.05) is 18.2 Å². The fourth-order valence-electron chi connectivity index (χ4n) is 4.22. The van der Waals surface area contributed by atoms with E-state index in [1.54, 1.807) is 46.2 Å². The van der Waals surface area contributed by atoms with Crippen LogP contribution < -0.4 is 24.3 Å². The molecule has 0 aliphatic rings. The zero-order chi connectivity index (χ0) is 28.3. The molecule has 210 valence electrons. The van der Waals surface area contributed by atoms with Crippen LogP contribution in [-0.4, -0.2) is 55.8 Å². The van der Waals surface area contributed by atoms with Crippen LogP contribution in [0.4, 0.5) is 0 Å². The van der Waals surface area contributed by atoms with Crippen LogP contribution in [0.5, 0.6) is 23.0 Å². The standard InChI is InChI=1S/C30H34N4O5S/c1-36-24-9-8-23(27(15-24)38-3)18-34(13-11-21-7-10-26(37-2)28(14-21)39-4)19-29-33-25(20-40-29)30(35)32-17-22-6-5-12-31-16-22/h5-10,12,14-16,20H,11,13,17-19H2,1-4H3,(H,32,35). The number of carbonyl (C=O) groups is 1. The van der Waals surface area contributed by atoms with Crippen molar-refractivity contribution in [1.82, 2.24) is 20.2 Å². The van der Waals surface area contributed by atoms with E-state index in [4.69, 9.17) is 18.9 Å². The molecule has 0 radical (unpaired) electrons. The molecule has 40 heavy (non-hydrogen) atoms. The largest absolute Gasteiger partial charge is 0.497 e. The number of hydrogen-bond acceptors (Lipinski definition) is 9. The summed E-state index contributed by atoms with van der Waals surface area (Å²) in [7, 11) is 6.56. The minimum atomic E-state index is -0.208. The van der Waals surface area contributed by atoms with E-state index >= 15 is 0 Å². The summed E-state index contributed by atoms with van der Waals surface area (Å²) in [6, 6.07) is 15.6. The molecule has 0 aliphatic heterocycles. The minimum absolute atomic E-state index is 0.208. The molecule has 0 saturated heterocycles. The fourth-order valence-corrected chi connectivity index (χ4v) is 5.03. The number of thiazole rings is 1. The van der Waals surface area contributed by atoms with E-state index in [2.05, 4.69) is 20.2 Å². The summed E-state index contributed by atoms with van der Waals surface area (Å²) >= 11 is 1.47. The molecule has 0 fully saturated rings.